The first-order valence-electron chi connectivity index (χ1n) is 6.06. The van der Waals surface area contributed by atoms with Crippen molar-refractivity contribution in [2.75, 3.05) is 7.11 Å². The van der Waals surface area contributed by atoms with Crippen LogP contribution < -0.4 is 15.2 Å². The highest BCUT2D eigenvalue weighted by Gasteiger charge is 2.15. The van der Waals surface area contributed by atoms with Gasteiger partial charge in [-0.3, -0.25) is 4.57 Å². The van der Waals surface area contributed by atoms with E-state index in [1.165, 1.54) is 19.5 Å². The summed E-state index contributed by atoms with van der Waals surface area (Å²) in [6, 6.07) is 3.52. The monoisotopic (exact) mass is 361 g/mol. The van der Waals surface area contributed by atoms with Crippen molar-refractivity contribution >= 4 is 15.9 Å². The SMILES string of the molecule is COc1cc(CN)cc(Br)c1OCc1nccn1C(F)F. The molecule has 0 aliphatic carbocycles. The summed E-state index contributed by atoms with van der Waals surface area (Å²) in [4.78, 5) is 3.85. The number of benzene rings is 1. The number of halogens is 3. The first-order chi connectivity index (χ1) is 10.1. The van der Waals surface area contributed by atoms with Gasteiger partial charge in [0.05, 0.1) is 11.6 Å². The maximum Gasteiger partial charge on any atom is 0.320 e. The molecule has 0 saturated heterocycles. The highest BCUT2D eigenvalue weighted by atomic mass is 79.9. The predicted octanol–water partition coefficient (Wildman–Crippen LogP) is 3.09. The molecule has 21 heavy (non-hydrogen) atoms. The molecule has 0 unspecified atom stereocenters. The zero-order valence-corrected chi connectivity index (χ0v) is 12.8. The number of rotatable bonds is 6. The van der Waals surface area contributed by atoms with Gasteiger partial charge >= 0.3 is 6.55 Å². The normalized spacial score (nSPS) is 11.0. The van der Waals surface area contributed by atoms with Crippen LogP contribution in [0.1, 0.15) is 17.9 Å². The maximum atomic E-state index is 12.7. The largest absolute Gasteiger partial charge is 0.493 e. The van der Waals surface area contributed by atoms with Gasteiger partial charge in [0.1, 0.15) is 6.61 Å². The highest BCUT2D eigenvalue weighted by molar-refractivity contribution is 9.10. The molecule has 2 rings (SSSR count). The van der Waals surface area contributed by atoms with Crippen molar-refractivity contribution in [1.29, 1.82) is 0 Å². The molecule has 0 aliphatic heterocycles. The topological polar surface area (TPSA) is 62.3 Å². The third-order valence-electron chi connectivity index (χ3n) is 2.83. The smallest absolute Gasteiger partial charge is 0.320 e. The average molecular weight is 362 g/mol. The predicted molar refractivity (Wildman–Crippen MR) is 76.4 cm³/mol. The molecule has 0 amide bonds. The van der Waals surface area contributed by atoms with Gasteiger partial charge in [0.2, 0.25) is 0 Å². The second-order valence-electron chi connectivity index (χ2n) is 4.13. The van der Waals surface area contributed by atoms with E-state index in [-0.39, 0.29) is 12.4 Å². The van der Waals surface area contributed by atoms with E-state index in [0.29, 0.717) is 22.5 Å². The summed E-state index contributed by atoms with van der Waals surface area (Å²) in [6.45, 7) is -2.41. The Bertz CT molecular complexity index is 619. The molecule has 1 aromatic carbocycles. The van der Waals surface area contributed by atoms with E-state index in [4.69, 9.17) is 15.2 Å². The number of methoxy groups -OCH3 is 1. The summed E-state index contributed by atoms with van der Waals surface area (Å²) in [6.07, 6.45) is 2.50. The van der Waals surface area contributed by atoms with Crippen LogP contribution in [0.3, 0.4) is 0 Å². The highest BCUT2D eigenvalue weighted by Crippen LogP contribution is 2.37. The molecule has 0 saturated carbocycles. The van der Waals surface area contributed by atoms with Gasteiger partial charge in [0, 0.05) is 18.9 Å². The standard InChI is InChI=1S/C13H14BrF2N3O2/c1-20-10-5-8(6-17)4-9(14)12(10)21-7-11-18-2-3-19(11)13(15)16/h2-5,13H,6-7,17H2,1H3. The Morgan fingerprint density at radius 1 is 1.43 bits per heavy atom. The molecule has 0 aliphatic rings. The number of ether oxygens (including phenoxy) is 2. The minimum atomic E-state index is -2.66. The van der Waals surface area contributed by atoms with Crippen molar-refractivity contribution in [2.24, 2.45) is 5.73 Å². The molecule has 1 heterocycles. The number of imidazole rings is 1. The van der Waals surface area contributed by atoms with Crippen LogP contribution in [0.25, 0.3) is 0 Å². The lowest BCUT2D eigenvalue weighted by molar-refractivity contribution is 0.0631. The fraction of sp³-hybridized carbons (Fsp3) is 0.308. The van der Waals surface area contributed by atoms with Crippen LogP contribution >= 0.6 is 15.9 Å². The van der Waals surface area contributed by atoms with Crippen LogP contribution in [0.2, 0.25) is 0 Å². The van der Waals surface area contributed by atoms with Crippen molar-refractivity contribution in [2.45, 2.75) is 19.7 Å². The van der Waals surface area contributed by atoms with Gasteiger partial charge in [0.15, 0.2) is 17.3 Å². The Balaban J connectivity index is 2.21. The number of hydrogen-bond donors (Lipinski definition) is 1. The van der Waals surface area contributed by atoms with Gasteiger partial charge in [0.25, 0.3) is 0 Å². The Morgan fingerprint density at radius 3 is 2.81 bits per heavy atom. The molecule has 0 bridgehead atoms. The fourth-order valence-corrected chi connectivity index (χ4v) is 2.41. The van der Waals surface area contributed by atoms with E-state index in [1.807, 2.05) is 0 Å². The van der Waals surface area contributed by atoms with Crippen LogP contribution in [-0.2, 0) is 13.2 Å². The molecule has 1 aromatic heterocycles. The van der Waals surface area contributed by atoms with Crippen molar-refractivity contribution in [3.05, 3.63) is 40.4 Å². The van der Waals surface area contributed by atoms with E-state index in [9.17, 15) is 8.78 Å². The summed E-state index contributed by atoms with van der Waals surface area (Å²) < 4.78 is 37.6. The van der Waals surface area contributed by atoms with Gasteiger partial charge in [-0.1, -0.05) is 0 Å². The molecule has 2 N–H and O–H groups in total. The van der Waals surface area contributed by atoms with Crippen LogP contribution in [0.15, 0.2) is 29.0 Å². The third-order valence-corrected chi connectivity index (χ3v) is 3.42. The van der Waals surface area contributed by atoms with E-state index < -0.39 is 6.55 Å². The second kappa shape index (κ2) is 6.86. The van der Waals surface area contributed by atoms with Crippen molar-refractivity contribution in [1.82, 2.24) is 9.55 Å². The zero-order valence-electron chi connectivity index (χ0n) is 11.2. The van der Waals surface area contributed by atoms with Crippen molar-refractivity contribution < 1.29 is 18.3 Å². The van der Waals surface area contributed by atoms with Crippen LogP contribution in [-0.4, -0.2) is 16.7 Å². The van der Waals surface area contributed by atoms with Gasteiger partial charge in [-0.05, 0) is 33.6 Å². The Hall–Kier alpha value is -1.67. The second-order valence-corrected chi connectivity index (χ2v) is 4.98. The molecule has 5 nitrogen and oxygen atoms in total. The first kappa shape index (κ1) is 15.7. The Labute approximate surface area is 128 Å². The minimum absolute atomic E-state index is 0.103. The van der Waals surface area contributed by atoms with E-state index in [1.54, 1.807) is 12.1 Å². The van der Waals surface area contributed by atoms with Crippen LogP contribution in [0, 0.1) is 0 Å². The first-order valence-corrected chi connectivity index (χ1v) is 6.85. The molecular weight excluding hydrogens is 348 g/mol. The lowest BCUT2D eigenvalue weighted by Crippen LogP contribution is -2.08. The number of hydrogen-bond acceptors (Lipinski definition) is 4. The minimum Gasteiger partial charge on any atom is -0.493 e. The summed E-state index contributed by atoms with van der Waals surface area (Å²) in [7, 11) is 1.50. The van der Waals surface area contributed by atoms with E-state index in [2.05, 4.69) is 20.9 Å². The molecule has 114 valence electrons. The molecule has 0 radical (unpaired) electrons. The fourth-order valence-electron chi connectivity index (χ4n) is 1.80. The Morgan fingerprint density at radius 2 is 2.19 bits per heavy atom. The molecule has 0 atom stereocenters. The summed E-state index contributed by atoms with van der Waals surface area (Å²) >= 11 is 3.36. The van der Waals surface area contributed by atoms with E-state index >= 15 is 0 Å². The summed E-state index contributed by atoms with van der Waals surface area (Å²) in [5, 5.41) is 0. The Kier molecular flexibility index (Phi) is 5.13. The summed E-state index contributed by atoms with van der Waals surface area (Å²) in [5.41, 5.74) is 6.44. The lowest BCUT2D eigenvalue weighted by atomic mass is 10.2. The van der Waals surface area contributed by atoms with Gasteiger partial charge < -0.3 is 15.2 Å². The van der Waals surface area contributed by atoms with Crippen LogP contribution in [0.5, 0.6) is 11.5 Å². The maximum absolute atomic E-state index is 12.7. The number of nitrogens with two attached hydrogens (primary N) is 1. The number of alkyl halides is 2. The summed E-state index contributed by atoms with van der Waals surface area (Å²) in [5.74, 6) is 1.01. The molecule has 2 aromatic rings. The zero-order chi connectivity index (χ0) is 15.4. The molecule has 0 spiro atoms. The average Bonchev–Trinajstić information content (AvgIpc) is 2.93. The lowest BCUT2D eigenvalue weighted by Gasteiger charge is -2.14. The molecule has 0 fully saturated rings. The third kappa shape index (κ3) is 3.51. The van der Waals surface area contributed by atoms with Gasteiger partial charge in [-0.25, -0.2) is 4.98 Å². The number of nitrogens with zero attached hydrogens (tertiary/aromatic N) is 2. The molecule has 8 heteroatoms. The number of aromatic nitrogens is 2. The van der Waals surface area contributed by atoms with Crippen molar-refractivity contribution in [3.8, 4) is 11.5 Å². The molecular formula is C13H14BrF2N3O2. The van der Waals surface area contributed by atoms with Gasteiger partial charge in [-0.15, -0.1) is 0 Å². The van der Waals surface area contributed by atoms with E-state index in [0.717, 1.165) is 10.1 Å². The van der Waals surface area contributed by atoms with Crippen LogP contribution in [0.4, 0.5) is 8.78 Å². The van der Waals surface area contributed by atoms with Crippen molar-refractivity contribution in [3.63, 3.8) is 0 Å². The quantitative estimate of drug-likeness (QED) is 0.858. The van der Waals surface area contributed by atoms with Gasteiger partial charge in [-0.2, -0.15) is 8.78 Å².